The zero-order valence-corrected chi connectivity index (χ0v) is 6.76. The van der Waals surface area contributed by atoms with Gasteiger partial charge in [0.05, 0.1) is 0 Å². The molecule has 0 heterocycles. The predicted molar refractivity (Wildman–Crippen MR) is 42.5 cm³/mol. The van der Waals surface area contributed by atoms with Crippen molar-refractivity contribution in [2.24, 2.45) is 0 Å². The third-order valence-corrected chi connectivity index (χ3v) is 1.35. The number of nitrogens with zero attached hydrogens (tertiary/aromatic N) is 1. The summed E-state index contributed by atoms with van der Waals surface area (Å²) in [6, 6.07) is 0. The molecule has 58 valence electrons. The Hall–Kier alpha value is -0.790. The number of carbonyl (C=O) groups is 1. The molecule has 0 saturated carbocycles. The third-order valence-electron chi connectivity index (χ3n) is 1.35. The maximum absolute atomic E-state index is 11.1. The Morgan fingerprint density at radius 2 is 2.20 bits per heavy atom. The van der Waals surface area contributed by atoms with Crippen LogP contribution < -0.4 is 0 Å². The second kappa shape index (κ2) is 5.03. The van der Waals surface area contributed by atoms with Crippen LogP contribution in [0.25, 0.3) is 0 Å². The molecule has 0 aromatic carbocycles. The van der Waals surface area contributed by atoms with Crippen molar-refractivity contribution in [2.45, 2.75) is 26.7 Å². The van der Waals surface area contributed by atoms with E-state index in [1.54, 1.807) is 11.1 Å². The van der Waals surface area contributed by atoms with E-state index in [0.29, 0.717) is 6.42 Å². The van der Waals surface area contributed by atoms with Crippen LogP contribution in [0, 0.1) is 0 Å². The lowest BCUT2D eigenvalue weighted by atomic mass is 10.3. The maximum Gasteiger partial charge on any atom is 0.226 e. The average molecular weight is 141 g/mol. The van der Waals surface area contributed by atoms with Crippen LogP contribution in [0.2, 0.25) is 0 Å². The van der Waals surface area contributed by atoms with Gasteiger partial charge in [-0.2, -0.15) is 0 Å². The first-order chi connectivity index (χ1) is 4.76. The molecule has 2 nitrogen and oxygen atoms in total. The van der Waals surface area contributed by atoms with E-state index in [9.17, 15) is 4.79 Å². The number of rotatable bonds is 4. The van der Waals surface area contributed by atoms with Gasteiger partial charge in [0.15, 0.2) is 0 Å². The molecule has 0 fully saturated rings. The van der Waals surface area contributed by atoms with Gasteiger partial charge in [0.2, 0.25) is 5.91 Å². The maximum atomic E-state index is 11.1. The molecule has 2 heteroatoms. The fourth-order valence-electron chi connectivity index (χ4n) is 0.765. The van der Waals surface area contributed by atoms with E-state index >= 15 is 0 Å². The molecule has 0 aliphatic heterocycles. The summed E-state index contributed by atoms with van der Waals surface area (Å²) in [6.45, 7) is 8.20. The molecule has 10 heavy (non-hydrogen) atoms. The minimum Gasteiger partial charge on any atom is -0.320 e. The Morgan fingerprint density at radius 1 is 1.60 bits per heavy atom. The number of carbonyl (C=O) groups excluding carboxylic acids is 1. The van der Waals surface area contributed by atoms with Gasteiger partial charge < -0.3 is 4.90 Å². The van der Waals surface area contributed by atoms with E-state index in [0.717, 1.165) is 13.0 Å². The van der Waals surface area contributed by atoms with Crippen LogP contribution in [-0.2, 0) is 4.79 Å². The Kier molecular flexibility index (Phi) is 4.63. The van der Waals surface area contributed by atoms with Crippen molar-refractivity contribution in [1.29, 1.82) is 0 Å². The Balaban J connectivity index is 3.76. The first kappa shape index (κ1) is 9.21. The SMILES string of the molecule is C=CN(CC)C(=O)CCC. The van der Waals surface area contributed by atoms with Crippen molar-refractivity contribution in [3.63, 3.8) is 0 Å². The predicted octanol–water partition coefficient (Wildman–Crippen LogP) is 1.78. The van der Waals surface area contributed by atoms with Crippen molar-refractivity contribution in [1.82, 2.24) is 4.90 Å². The molecular weight excluding hydrogens is 126 g/mol. The van der Waals surface area contributed by atoms with Gasteiger partial charge in [-0.15, -0.1) is 0 Å². The minimum atomic E-state index is 0.167. The highest BCUT2D eigenvalue weighted by atomic mass is 16.2. The first-order valence-electron chi connectivity index (χ1n) is 3.68. The normalized spacial score (nSPS) is 9.00. The largest absolute Gasteiger partial charge is 0.320 e. The molecule has 0 aliphatic rings. The van der Waals surface area contributed by atoms with Gasteiger partial charge in [-0.05, 0) is 19.5 Å². The van der Waals surface area contributed by atoms with Crippen LogP contribution in [-0.4, -0.2) is 17.4 Å². The van der Waals surface area contributed by atoms with E-state index in [-0.39, 0.29) is 5.91 Å². The monoisotopic (exact) mass is 141 g/mol. The van der Waals surface area contributed by atoms with Crippen molar-refractivity contribution in [3.8, 4) is 0 Å². The molecule has 1 amide bonds. The molecule has 0 aromatic rings. The fourth-order valence-corrected chi connectivity index (χ4v) is 0.765. The van der Waals surface area contributed by atoms with Crippen molar-refractivity contribution >= 4 is 5.91 Å². The summed E-state index contributed by atoms with van der Waals surface area (Å²) >= 11 is 0. The Labute approximate surface area is 62.5 Å². The molecule has 0 aliphatic carbocycles. The lowest BCUT2D eigenvalue weighted by Gasteiger charge is -2.14. The summed E-state index contributed by atoms with van der Waals surface area (Å²) in [6.07, 6.45) is 3.11. The quantitative estimate of drug-likeness (QED) is 0.584. The van der Waals surface area contributed by atoms with Crippen molar-refractivity contribution in [2.75, 3.05) is 6.54 Å². The summed E-state index contributed by atoms with van der Waals surface area (Å²) in [4.78, 5) is 12.7. The average Bonchev–Trinajstić information content (AvgIpc) is 1.91. The van der Waals surface area contributed by atoms with Crippen molar-refractivity contribution in [3.05, 3.63) is 12.8 Å². The summed E-state index contributed by atoms with van der Waals surface area (Å²) in [5.41, 5.74) is 0. The first-order valence-corrected chi connectivity index (χ1v) is 3.68. The zero-order chi connectivity index (χ0) is 7.98. The summed E-state index contributed by atoms with van der Waals surface area (Å²) in [7, 11) is 0. The second-order valence-corrected chi connectivity index (χ2v) is 2.11. The highest BCUT2D eigenvalue weighted by molar-refractivity contribution is 5.76. The van der Waals surface area contributed by atoms with Crippen LogP contribution in [0.5, 0.6) is 0 Å². The lowest BCUT2D eigenvalue weighted by Crippen LogP contribution is -2.24. The number of hydrogen-bond donors (Lipinski definition) is 0. The molecule has 0 rings (SSSR count). The third kappa shape index (κ3) is 2.67. The van der Waals surface area contributed by atoms with E-state index in [4.69, 9.17) is 0 Å². The van der Waals surface area contributed by atoms with Crippen molar-refractivity contribution < 1.29 is 4.79 Å². The Bertz CT molecular complexity index is 120. The van der Waals surface area contributed by atoms with E-state index in [1.165, 1.54) is 0 Å². The van der Waals surface area contributed by atoms with Gasteiger partial charge in [-0.1, -0.05) is 13.5 Å². The molecule has 0 spiro atoms. The van der Waals surface area contributed by atoms with Crippen LogP contribution in [0.1, 0.15) is 26.7 Å². The van der Waals surface area contributed by atoms with Gasteiger partial charge in [0, 0.05) is 13.0 Å². The highest BCUT2D eigenvalue weighted by Gasteiger charge is 2.04. The topological polar surface area (TPSA) is 20.3 Å². The van der Waals surface area contributed by atoms with Crippen LogP contribution in [0.3, 0.4) is 0 Å². The van der Waals surface area contributed by atoms with Crippen LogP contribution in [0.15, 0.2) is 12.8 Å². The molecule has 0 unspecified atom stereocenters. The van der Waals surface area contributed by atoms with Crippen LogP contribution >= 0.6 is 0 Å². The highest BCUT2D eigenvalue weighted by Crippen LogP contribution is 1.96. The Morgan fingerprint density at radius 3 is 2.50 bits per heavy atom. The molecule has 0 N–H and O–H groups in total. The standard InChI is InChI=1S/C8H15NO/c1-4-7-8(10)9(5-2)6-3/h5H,2,4,6-7H2,1,3H3. The summed E-state index contributed by atoms with van der Waals surface area (Å²) in [5, 5.41) is 0. The smallest absolute Gasteiger partial charge is 0.226 e. The van der Waals surface area contributed by atoms with E-state index < -0.39 is 0 Å². The molecule has 0 aromatic heterocycles. The second-order valence-electron chi connectivity index (χ2n) is 2.11. The van der Waals surface area contributed by atoms with Gasteiger partial charge in [0.25, 0.3) is 0 Å². The van der Waals surface area contributed by atoms with Gasteiger partial charge in [-0.25, -0.2) is 0 Å². The zero-order valence-electron chi connectivity index (χ0n) is 6.76. The van der Waals surface area contributed by atoms with Gasteiger partial charge >= 0.3 is 0 Å². The lowest BCUT2D eigenvalue weighted by molar-refractivity contribution is -0.128. The molecule has 0 saturated heterocycles. The van der Waals surface area contributed by atoms with E-state index in [2.05, 4.69) is 6.58 Å². The number of amides is 1. The fraction of sp³-hybridized carbons (Fsp3) is 0.625. The molecule has 0 atom stereocenters. The van der Waals surface area contributed by atoms with E-state index in [1.807, 2.05) is 13.8 Å². The van der Waals surface area contributed by atoms with Crippen LogP contribution in [0.4, 0.5) is 0 Å². The summed E-state index contributed by atoms with van der Waals surface area (Å²) in [5.74, 6) is 0.167. The molecule has 0 radical (unpaired) electrons. The van der Waals surface area contributed by atoms with Gasteiger partial charge in [-0.3, -0.25) is 4.79 Å². The number of hydrogen-bond acceptors (Lipinski definition) is 1. The van der Waals surface area contributed by atoms with Gasteiger partial charge in [0.1, 0.15) is 0 Å². The molecule has 0 bridgehead atoms. The molecular formula is C8H15NO. The summed E-state index contributed by atoms with van der Waals surface area (Å²) < 4.78 is 0. The minimum absolute atomic E-state index is 0.167.